The first-order valence-corrected chi connectivity index (χ1v) is 8.01. The minimum absolute atomic E-state index is 0.00724. The minimum atomic E-state index is 0.00724. The third kappa shape index (κ3) is 3.67. The highest BCUT2D eigenvalue weighted by molar-refractivity contribution is 7.99. The molecule has 1 aliphatic rings. The average Bonchev–Trinajstić information content (AvgIpc) is 2.48. The van der Waals surface area contributed by atoms with Crippen LogP contribution < -0.4 is 14.8 Å². The lowest BCUT2D eigenvalue weighted by Crippen LogP contribution is -2.24. The van der Waals surface area contributed by atoms with Crippen LogP contribution in [0.3, 0.4) is 0 Å². The molecule has 0 bridgehead atoms. The monoisotopic (exact) mass is 295 g/mol. The van der Waals surface area contributed by atoms with E-state index in [9.17, 15) is 4.79 Å². The van der Waals surface area contributed by atoms with Gasteiger partial charge >= 0.3 is 0 Å². The van der Waals surface area contributed by atoms with Gasteiger partial charge in [-0.2, -0.15) is 11.8 Å². The first-order chi connectivity index (χ1) is 9.76. The maximum atomic E-state index is 12.1. The van der Waals surface area contributed by atoms with Gasteiger partial charge in [-0.3, -0.25) is 4.79 Å². The number of ether oxygens (including phenoxy) is 2. The second-order valence-electron chi connectivity index (χ2n) is 4.75. The molecule has 1 saturated heterocycles. The van der Waals surface area contributed by atoms with Crippen molar-refractivity contribution >= 4 is 17.5 Å². The number of ketones is 1. The molecule has 2 rings (SSSR count). The molecule has 1 fully saturated rings. The van der Waals surface area contributed by atoms with E-state index < -0.39 is 0 Å². The van der Waals surface area contributed by atoms with Crippen molar-refractivity contribution in [1.29, 1.82) is 0 Å². The highest BCUT2D eigenvalue weighted by Crippen LogP contribution is 2.33. The van der Waals surface area contributed by atoms with Gasteiger partial charge in [0.2, 0.25) is 0 Å². The number of para-hydroxylation sites is 1. The summed E-state index contributed by atoms with van der Waals surface area (Å²) >= 11 is 1.91. The van der Waals surface area contributed by atoms with Crippen LogP contribution in [0.2, 0.25) is 0 Å². The van der Waals surface area contributed by atoms with Crippen LogP contribution in [0.15, 0.2) is 18.2 Å². The Morgan fingerprint density at radius 1 is 1.50 bits per heavy atom. The molecule has 0 aliphatic carbocycles. The van der Waals surface area contributed by atoms with Gasteiger partial charge in [0.1, 0.15) is 6.10 Å². The van der Waals surface area contributed by atoms with Gasteiger partial charge in [-0.05, 0) is 37.8 Å². The fraction of sp³-hybridized carbons (Fsp3) is 0.533. The Kier molecular flexibility index (Phi) is 5.73. The van der Waals surface area contributed by atoms with Gasteiger partial charge in [0.05, 0.1) is 19.2 Å². The molecule has 1 aromatic rings. The highest BCUT2D eigenvalue weighted by Gasteiger charge is 2.20. The van der Waals surface area contributed by atoms with E-state index in [1.54, 1.807) is 20.2 Å². The molecule has 0 aromatic heterocycles. The van der Waals surface area contributed by atoms with Gasteiger partial charge in [0, 0.05) is 5.75 Å². The van der Waals surface area contributed by atoms with E-state index in [2.05, 4.69) is 5.32 Å². The third-order valence-electron chi connectivity index (χ3n) is 3.23. The van der Waals surface area contributed by atoms with Crippen LogP contribution in [0.25, 0.3) is 0 Å². The summed E-state index contributed by atoms with van der Waals surface area (Å²) in [6.07, 6.45) is 2.44. The number of Topliss-reactive ketones (excluding diaryl/α,β-unsaturated/α-hetero) is 1. The van der Waals surface area contributed by atoms with Gasteiger partial charge in [-0.15, -0.1) is 0 Å². The topological polar surface area (TPSA) is 47.6 Å². The minimum Gasteiger partial charge on any atom is -0.492 e. The summed E-state index contributed by atoms with van der Waals surface area (Å²) in [5, 5.41) is 2.87. The molecule has 4 nitrogen and oxygen atoms in total. The van der Waals surface area contributed by atoms with E-state index in [1.807, 2.05) is 23.9 Å². The summed E-state index contributed by atoms with van der Waals surface area (Å²) in [7, 11) is 3.33. The van der Waals surface area contributed by atoms with Crippen LogP contribution in [0.1, 0.15) is 23.2 Å². The molecule has 0 amide bonds. The molecule has 1 aromatic carbocycles. The zero-order valence-corrected chi connectivity index (χ0v) is 12.8. The maximum absolute atomic E-state index is 12.1. The highest BCUT2D eigenvalue weighted by atomic mass is 32.2. The number of hydrogen-bond acceptors (Lipinski definition) is 5. The van der Waals surface area contributed by atoms with E-state index in [0.717, 1.165) is 12.2 Å². The van der Waals surface area contributed by atoms with Gasteiger partial charge in [-0.1, -0.05) is 6.07 Å². The molecule has 1 aliphatic heterocycles. The SMILES string of the molecule is CNCC(=O)c1cccc(OC2CCCSC2)c1OC. The fourth-order valence-corrected chi connectivity index (χ4v) is 3.31. The molecule has 1 N–H and O–H groups in total. The zero-order valence-electron chi connectivity index (χ0n) is 12.0. The first-order valence-electron chi connectivity index (χ1n) is 6.85. The summed E-state index contributed by atoms with van der Waals surface area (Å²) in [4.78, 5) is 12.1. The molecule has 0 spiro atoms. The number of carbonyl (C=O) groups is 1. The van der Waals surface area contributed by atoms with Crippen molar-refractivity contribution in [3.63, 3.8) is 0 Å². The number of rotatable bonds is 6. The van der Waals surface area contributed by atoms with Crippen LogP contribution >= 0.6 is 11.8 Å². The van der Waals surface area contributed by atoms with Crippen molar-refractivity contribution in [3.05, 3.63) is 23.8 Å². The van der Waals surface area contributed by atoms with E-state index in [1.165, 1.54) is 12.2 Å². The number of hydrogen-bond donors (Lipinski definition) is 1. The van der Waals surface area contributed by atoms with Gasteiger partial charge in [0.25, 0.3) is 0 Å². The Bertz CT molecular complexity index is 458. The fourth-order valence-electron chi connectivity index (χ4n) is 2.28. The molecule has 0 radical (unpaired) electrons. The maximum Gasteiger partial charge on any atom is 0.180 e. The third-order valence-corrected chi connectivity index (χ3v) is 4.42. The van der Waals surface area contributed by atoms with E-state index >= 15 is 0 Å². The van der Waals surface area contributed by atoms with Crippen LogP contribution in [-0.4, -0.2) is 44.1 Å². The molecule has 110 valence electrons. The zero-order chi connectivity index (χ0) is 14.4. The van der Waals surface area contributed by atoms with E-state index in [-0.39, 0.29) is 11.9 Å². The summed E-state index contributed by atoms with van der Waals surface area (Å²) < 4.78 is 11.4. The van der Waals surface area contributed by atoms with Gasteiger partial charge in [-0.25, -0.2) is 0 Å². The second-order valence-corrected chi connectivity index (χ2v) is 5.90. The van der Waals surface area contributed by atoms with Crippen LogP contribution in [0.5, 0.6) is 11.5 Å². The molecule has 5 heteroatoms. The van der Waals surface area contributed by atoms with Crippen LogP contribution in [0.4, 0.5) is 0 Å². The van der Waals surface area contributed by atoms with Crippen LogP contribution in [0, 0.1) is 0 Å². The number of benzene rings is 1. The Balaban J connectivity index is 2.19. The summed E-state index contributed by atoms with van der Waals surface area (Å²) in [6.45, 7) is 0.291. The van der Waals surface area contributed by atoms with Crippen molar-refractivity contribution in [2.45, 2.75) is 18.9 Å². The quantitative estimate of drug-likeness (QED) is 0.817. The smallest absolute Gasteiger partial charge is 0.180 e. The largest absolute Gasteiger partial charge is 0.492 e. The Labute approximate surface area is 124 Å². The van der Waals surface area contributed by atoms with Crippen molar-refractivity contribution in [3.8, 4) is 11.5 Å². The summed E-state index contributed by atoms with van der Waals surface area (Å²) in [6, 6.07) is 5.49. The van der Waals surface area contributed by atoms with E-state index in [4.69, 9.17) is 9.47 Å². The molecule has 0 saturated carbocycles. The van der Waals surface area contributed by atoms with Crippen LogP contribution in [-0.2, 0) is 0 Å². The molecular weight excluding hydrogens is 274 g/mol. The number of nitrogens with one attached hydrogen (secondary N) is 1. The van der Waals surface area contributed by atoms with Crippen molar-refractivity contribution in [1.82, 2.24) is 5.32 Å². The van der Waals surface area contributed by atoms with Gasteiger partial charge in [0.15, 0.2) is 17.3 Å². The lowest BCUT2D eigenvalue weighted by atomic mass is 10.1. The Hall–Kier alpha value is -1.20. The number of likely N-dealkylation sites (N-methyl/N-ethyl adjacent to an activating group) is 1. The predicted octanol–water partition coefficient (Wildman–Crippen LogP) is 2.37. The van der Waals surface area contributed by atoms with Crippen molar-refractivity contribution in [2.75, 3.05) is 32.2 Å². The predicted molar refractivity (Wildman–Crippen MR) is 82.2 cm³/mol. The lowest BCUT2D eigenvalue weighted by Gasteiger charge is -2.24. The number of thioether (sulfide) groups is 1. The number of methoxy groups -OCH3 is 1. The van der Waals surface area contributed by atoms with Crippen molar-refractivity contribution in [2.24, 2.45) is 0 Å². The molecule has 1 atom stereocenters. The Morgan fingerprint density at radius 3 is 3.00 bits per heavy atom. The molecular formula is C15H21NO3S. The van der Waals surface area contributed by atoms with Crippen molar-refractivity contribution < 1.29 is 14.3 Å². The van der Waals surface area contributed by atoms with E-state index in [0.29, 0.717) is 23.6 Å². The van der Waals surface area contributed by atoms with Gasteiger partial charge < -0.3 is 14.8 Å². The number of carbonyl (C=O) groups excluding carboxylic acids is 1. The standard InChI is InChI=1S/C15H21NO3S/c1-16-9-13(17)12-6-3-7-14(15(12)18-2)19-11-5-4-8-20-10-11/h3,6-7,11,16H,4-5,8-10H2,1-2H3. The lowest BCUT2D eigenvalue weighted by molar-refractivity contribution is 0.0989. The molecule has 20 heavy (non-hydrogen) atoms. The first kappa shape index (κ1) is 15.2. The second kappa shape index (κ2) is 7.55. The average molecular weight is 295 g/mol. The molecule has 1 heterocycles. The normalized spacial score (nSPS) is 18.6. The molecule has 1 unspecified atom stereocenters. The summed E-state index contributed by atoms with van der Waals surface area (Å²) in [5.74, 6) is 3.42. The Morgan fingerprint density at radius 2 is 2.35 bits per heavy atom. The summed E-state index contributed by atoms with van der Waals surface area (Å²) in [5.41, 5.74) is 0.572.